The SMILES string of the molecule is CCCOC(=O)c1c(NC(=O)c2ccc(COc3ccc(C(=O)OC)cc3)o2)sc(C(=O)OC)c1C. The van der Waals surface area contributed by atoms with Crippen LogP contribution in [0.4, 0.5) is 5.00 Å². The van der Waals surface area contributed by atoms with Crippen molar-refractivity contribution in [1.82, 2.24) is 0 Å². The van der Waals surface area contributed by atoms with Gasteiger partial charge < -0.3 is 28.7 Å². The maximum absolute atomic E-state index is 12.8. The molecule has 1 amide bonds. The van der Waals surface area contributed by atoms with Crippen LogP contribution in [0, 0.1) is 6.92 Å². The first-order chi connectivity index (χ1) is 17.3. The highest BCUT2D eigenvalue weighted by atomic mass is 32.1. The number of amides is 1. The van der Waals surface area contributed by atoms with E-state index in [4.69, 9.17) is 18.6 Å². The van der Waals surface area contributed by atoms with E-state index >= 15 is 0 Å². The molecule has 0 aliphatic carbocycles. The molecule has 0 aliphatic rings. The van der Waals surface area contributed by atoms with Crippen molar-refractivity contribution in [1.29, 1.82) is 0 Å². The molecule has 0 spiro atoms. The predicted octanol–water partition coefficient (Wildman–Crippen LogP) is 4.62. The van der Waals surface area contributed by atoms with Crippen molar-refractivity contribution >= 4 is 40.2 Å². The molecule has 3 rings (SSSR count). The van der Waals surface area contributed by atoms with Gasteiger partial charge in [0.1, 0.15) is 28.0 Å². The molecule has 0 saturated carbocycles. The molecular weight excluding hydrogens is 490 g/mol. The van der Waals surface area contributed by atoms with Gasteiger partial charge in [0.15, 0.2) is 5.76 Å². The Bertz CT molecular complexity index is 1260. The Balaban J connectivity index is 1.71. The lowest BCUT2D eigenvalue weighted by Gasteiger charge is -2.07. The summed E-state index contributed by atoms with van der Waals surface area (Å²) in [5.41, 5.74) is 0.835. The van der Waals surface area contributed by atoms with Crippen molar-refractivity contribution in [3.8, 4) is 5.75 Å². The molecule has 3 aromatic rings. The van der Waals surface area contributed by atoms with Gasteiger partial charge in [0.25, 0.3) is 5.91 Å². The number of carbonyl (C=O) groups is 4. The van der Waals surface area contributed by atoms with E-state index in [9.17, 15) is 19.2 Å². The standard InChI is InChI=1S/C25H25NO9S/c1-5-12-33-24(29)19-14(2)20(25(30)32-4)36-22(19)26-21(27)18-11-10-17(35-18)13-34-16-8-6-15(7-9-16)23(28)31-3/h6-11H,5,12-13H2,1-4H3,(H,26,27). The smallest absolute Gasteiger partial charge is 0.348 e. The van der Waals surface area contributed by atoms with Gasteiger partial charge in [-0.3, -0.25) is 4.79 Å². The fourth-order valence-electron chi connectivity index (χ4n) is 3.10. The number of furan rings is 1. The molecule has 2 heterocycles. The molecule has 11 heteroatoms. The number of carbonyl (C=O) groups excluding carboxylic acids is 4. The molecule has 0 fully saturated rings. The first kappa shape index (κ1) is 26.5. The molecule has 0 aliphatic heterocycles. The molecule has 0 atom stereocenters. The van der Waals surface area contributed by atoms with Crippen LogP contribution in [-0.2, 0) is 20.8 Å². The van der Waals surface area contributed by atoms with Gasteiger partial charge >= 0.3 is 17.9 Å². The van der Waals surface area contributed by atoms with Crippen LogP contribution in [0.25, 0.3) is 0 Å². The third-order valence-corrected chi connectivity index (χ3v) is 6.12. The number of hydrogen-bond donors (Lipinski definition) is 1. The van der Waals surface area contributed by atoms with Crippen LogP contribution in [0.3, 0.4) is 0 Å². The molecular formula is C25H25NO9S. The Morgan fingerprint density at radius 2 is 1.64 bits per heavy atom. The zero-order valence-corrected chi connectivity index (χ0v) is 21.0. The van der Waals surface area contributed by atoms with Crippen molar-refractivity contribution in [3.63, 3.8) is 0 Å². The summed E-state index contributed by atoms with van der Waals surface area (Å²) >= 11 is 0.916. The van der Waals surface area contributed by atoms with Crippen molar-refractivity contribution < 1.29 is 42.5 Å². The summed E-state index contributed by atoms with van der Waals surface area (Å²) in [6.45, 7) is 3.67. The third kappa shape index (κ3) is 6.11. The lowest BCUT2D eigenvalue weighted by Crippen LogP contribution is -2.14. The van der Waals surface area contributed by atoms with E-state index in [1.165, 1.54) is 20.3 Å². The highest BCUT2D eigenvalue weighted by Gasteiger charge is 2.28. The van der Waals surface area contributed by atoms with Crippen LogP contribution in [0.15, 0.2) is 40.8 Å². The number of esters is 3. The number of thiophene rings is 1. The van der Waals surface area contributed by atoms with E-state index < -0.39 is 23.8 Å². The first-order valence-corrected chi connectivity index (χ1v) is 11.7. The second kappa shape index (κ2) is 12.0. The molecule has 10 nitrogen and oxygen atoms in total. The number of rotatable bonds is 10. The fraction of sp³-hybridized carbons (Fsp3) is 0.280. The van der Waals surface area contributed by atoms with Crippen LogP contribution in [0.1, 0.15) is 65.6 Å². The Hall–Kier alpha value is -4.12. The molecule has 1 aromatic carbocycles. The average Bonchev–Trinajstić information content (AvgIpc) is 3.50. The van der Waals surface area contributed by atoms with Crippen molar-refractivity contribution in [2.75, 3.05) is 26.1 Å². The molecule has 0 radical (unpaired) electrons. The number of anilines is 1. The van der Waals surface area contributed by atoms with Crippen LogP contribution in [0.5, 0.6) is 5.75 Å². The summed E-state index contributed by atoms with van der Waals surface area (Å²) in [5, 5.41) is 2.78. The van der Waals surface area contributed by atoms with Crippen LogP contribution in [0.2, 0.25) is 0 Å². The van der Waals surface area contributed by atoms with Gasteiger partial charge in [0.2, 0.25) is 0 Å². The normalized spacial score (nSPS) is 10.4. The van der Waals surface area contributed by atoms with Crippen molar-refractivity contribution in [2.24, 2.45) is 0 Å². The second-order valence-corrected chi connectivity index (χ2v) is 8.43. The Labute approximate surface area is 211 Å². The number of hydrogen-bond acceptors (Lipinski definition) is 10. The van der Waals surface area contributed by atoms with Crippen LogP contribution in [-0.4, -0.2) is 44.6 Å². The number of benzene rings is 1. The predicted molar refractivity (Wildman–Crippen MR) is 130 cm³/mol. The zero-order valence-electron chi connectivity index (χ0n) is 20.2. The number of methoxy groups -OCH3 is 2. The van der Waals surface area contributed by atoms with E-state index in [1.54, 1.807) is 37.3 Å². The van der Waals surface area contributed by atoms with Gasteiger partial charge in [-0.25, -0.2) is 14.4 Å². The number of ether oxygens (including phenoxy) is 4. The number of nitrogens with one attached hydrogen (secondary N) is 1. The van der Waals surface area contributed by atoms with E-state index in [0.717, 1.165) is 11.3 Å². The van der Waals surface area contributed by atoms with Gasteiger partial charge in [-0.05, 0) is 55.3 Å². The summed E-state index contributed by atoms with van der Waals surface area (Å²) in [6, 6.07) is 9.40. The third-order valence-electron chi connectivity index (χ3n) is 4.93. The van der Waals surface area contributed by atoms with Gasteiger partial charge in [-0.1, -0.05) is 6.92 Å². The highest BCUT2D eigenvalue weighted by molar-refractivity contribution is 7.18. The fourth-order valence-corrected chi connectivity index (χ4v) is 4.21. The molecule has 0 bridgehead atoms. The van der Waals surface area contributed by atoms with Crippen LogP contribution >= 0.6 is 11.3 Å². The summed E-state index contributed by atoms with van der Waals surface area (Å²) in [4.78, 5) is 49.2. The Morgan fingerprint density at radius 1 is 0.944 bits per heavy atom. The molecule has 0 saturated heterocycles. The molecule has 190 valence electrons. The largest absolute Gasteiger partial charge is 0.486 e. The summed E-state index contributed by atoms with van der Waals surface area (Å²) in [7, 11) is 2.53. The minimum Gasteiger partial charge on any atom is -0.486 e. The quantitative estimate of drug-likeness (QED) is 0.303. The van der Waals surface area contributed by atoms with Gasteiger partial charge in [0, 0.05) is 0 Å². The molecule has 1 N–H and O–H groups in total. The summed E-state index contributed by atoms with van der Waals surface area (Å²) in [5.74, 6) is -1.51. The Morgan fingerprint density at radius 3 is 2.28 bits per heavy atom. The minimum atomic E-state index is -0.650. The second-order valence-electron chi connectivity index (χ2n) is 7.41. The monoisotopic (exact) mass is 515 g/mol. The van der Waals surface area contributed by atoms with Gasteiger partial charge in [-0.2, -0.15) is 0 Å². The molecule has 0 unspecified atom stereocenters. The average molecular weight is 516 g/mol. The maximum atomic E-state index is 12.8. The zero-order chi connectivity index (χ0) is 26.2. The van der Waals surface area contributed by atoms with Crippen molar-refractivity contribution in [2.45, 2.75) is 26.9 Å². The van der Waals surface area contributed by atoms with E-state index in [2.05, 4.69) is 10.1 Å². The van der Waals surface area contributed by atoms with E-state index in [0.29, 0.717) is 29.1 Å². The Kier molecular flexibility index (Phi) is 8.85. The summed E-state index contributed by atoms with van der Waals surface area (Å²) < 4.78 is 25.9. The minimum absolute atomic E-state index is 0.0202. The molecule has 36 heavy (non-hydrogen) atoms. The maximum Gasteiger partial charge on any atom is 0.348 e. The van der Waals surface area contributed by atoms with E-state index in [-0.39, 0.29) is 34.4 Å². The highest BCUT2D eigenvalue weighted by Crippen LogP contribution is 2.34. The van der Waals surface area contributed by atoms with Crippen LogP contribution < -0.4 is 10.1 Å². The van der Waals surface area contributed by atoms with Gasteiger partial charge in [0.05, 0.1) is 32.0 Å². The molecule has 2 aromatic heterocycles. The first-order valence-electron chi connectivity index (χ1n) is 10.9. The van der Waals surface area contributed by atoms with E-state index in [1.807, 2.05) is 6.92 Å². The van der Waals surface area contributed by atoms with Gasteiger partial charge in [-0.15, -0.1) is 11.3 Å². The van der Waals surface area contributed by atoms with Crippen molar-refractivity contribution in [3.05, 3.63) is 69.5 Å². The summed E-state index contributed by atoms with van der Waals surface area (Å²) in [6.07, 6.45) is 0.618. The lowest BCUT2D eigenvalue weighted by atomic mass is 10.1. The topological polar surface area (TPSA) is 130 Å². The lowest BCUT2D eigenvalue weighted by molar-refractivity contribution is 0.0505.